The molecule has 3 aromatic carbocycles. The minimum atomic E-state index is -0.456. The minimum absolute atomic E-state index is 0.224. The third kappa shape index (κ3) is 4.38. The summed E-state index contributed by atoms with van der Waals surface area (Å²) in [6, 6.07) is 23.7. The van der Waals surface area contributed by atoms with Gasteiger partial charge in [0.1, 0.15) is 11.4 Å². The van der Waals surface area contributed by atoms with E-state index in [0.717, 1.165) is 11.1 Å². The van der Waals surface area contributed by atoms with Gasteiger partial charge in [0.25, 0.3) is 11.8 Å². The number of methoxy groups -OCH3 is 1. The van der Waals surface area contributed by atoms with Crippen LogP contribution < -0.4 is 10.2 Å². The average molecular weight is 411 g/mol. The fourth-order valence-electron chi connectivity index (χ4n) is 3.14. The average Bonchev–Trinajstić information content (AvgIpc) is 2.81. The van der Waals surface area contributed by atoms with E-state index in [-0.39, 0.29) is 5.70 Å². The van der Waals surface area contributed by atoms with E-state index in [9.17, 15) is 9.59 Å². The van der Waals surface area contributed by atoms with Gasteiger partial charge in [-0.25, -0.2) is 4.99 Å². The van der Waals surface area contributed by atoms with Crippen LogP contribution in [0, 0.1) is 6.92 Å². The van der Waals surface area contributed by atoms with E-state index in [1.165, 1.54) is 5.01 Å². The maximum Gasteiger partial charge on any atom is 0.288 e. The Labute approximate surface area is 180 Å². The maximum absolute atomic E-state index is 13.2. The first-order chi connectivity index (χ1) is 15.0. The van der Waals surface area contributed by atoms with E-state index in [1.807, 2.05) is 61.5 Å². The monoisotopic (exact) mass is 411 g/mol. The van der Waals surface area contributed by atoms with E-state index in [4.69, 9.17) is 4.74 Å². The Hall–Kier alpha value is -4.19. The Kier molecular flexibility index (Phi) is 5.62. The number of carbonyl (C=O) groups excluding carboxylic acids is 2. The second-order valence-electron chi connectivity index (χ2n) is 7.05. The van der Waals surface area contributed by atoms with Crippen molar-refractivity contribution in [3.63, 3.8) is 0 Å². The Bertz CT molecular complexity index is 1160. The van der Waals surface area contributed by atoms with E-state index in [1.54, 1.807) is 37.5 Å². The van der Waals surface area contributed by atoms with Gasteiger partial charge in [-0.2, -0.15) is 5.01 Å². The minimum Gasteiger partial charge on any atom is -0.497 e. The van der Waals surface area contributed by atoms with Crippen molar-refractivity contribution in [2.24, 2.45) is 4.99 Å². The molecule has 1 heterocycles. The standard InChI is InChI=1S/C25H21N3O3/c1-17-8-10-18(11-9-17)16-22-24(29)27-28(23(26-22)19-6-4-3-5-7-19)25(30)20-12-14-21(31-2)15-13-20/h3-16H,1-2H3,(H,27,29)/b22-16+. The number of hydrazine groups is 1. The molecule has 1 N–H and O–H groups in total. The smallest absolute Gasteiger partial charge is 0.288 e. The molecule has 4 rings (SSSR count). The van der Waals surface area contributed by atoms with Gasteiger partial charge in [-0.15, -0.1) is 0 Å². The predicted octanol–water partition coefficient (Wildman–Crippen LogP) is 3.98. The van der Waals surface area contributed by atoms with Gasteiger partial charge >= 0.3 is 0 Å². The van der Waals surface area contributed by atoms with Gasteiger partial charge in [0.2, 0.25) is 0 Å². The largest absolute Gasteiger partial charge is 0.497 e. The van der Waals surface area contributed by atoms with Crippen molar-refractivity contribution in [1.29, 1.82) is 0 Å². The van der Waals surface area contributed by atoms with Gasteiger partial charge in [0.15, 0.2) is 5.84 Å². The molecule has 31 heavy (non-hydrogen) atoms. The molecule has 0 spiro atoms. The summed E-state index contributed by atoms with van der Waals surface area (Å²) in [4.78, 5) is 30.5. The highest BCUT2D eigenvalue weighted by Crippen LogP contribution is 2.20. The quantitative estimate of drug-likeness (QED) is 0.660. The Morgan fingerprint density at radius 3 is 2.29 bits per heavy atom. The molecule has 3 aromatic rings. The summed E-state index contributed by atoms with van der Waals surface area (Å²) in [5.74, 6) is 0.133. The topological polar surface area (TPSA) is 71.0 Å². The van der Waals surface area contributed by atoms with Crippen molar-refractivity contribution in [2.45, 2.75) is 6.92 Å². The van der Waals surface area contributed by atoms with Crippen LogP contribution in [-0.4, -0.2) is 29.8 Å². The molecule has 1 aliphatic heterocycles. The molecule has 6 nitrogen and oxygen atoms in total. The summed E-state index contributed by atoms with van der Waals surface area (Å²) in [6.45, 7) is 2.00. The lowest BCUT2D eigenvalue weighted by atomic mass is 10.1. The molecule has 6 heteroatoms. The Morgan fingerprint density at radius 1 is 0.968 bits per heavy atom. The van der Waals surface area contributed by atoms with Crippen LogP contribution in [0.1, 0.15) is 27.0 Å². The number of hydrogen-bond donors (Lipinski definition) is 1. The molecule has 0 unspecified atom stereocenters. The third-order valence-electron chi connectivity index (χ3n) is 4.84. The van der Waals surface area contributed by atoms with Crippen molar-refractivity contribution in [2.75, 3.05) is 7.11 Å². The number of benzene rings is 3. The fraction of sp³-hybridized carbons (Fsp3) is 0.0800. The van der Waals surface area contributed by atoms with Crippen LogP contribution in [0.5, 0.6) is 5.75 Å². The summed E-state index contributed by atoms with van der Waals surface area (Å²) in [5.41, 5.74) is 5.99. The third-order valence-corrected chi connectivity index (χ3v) is 4.84. The van der Waals surface area contributed by atoms with Gasteiger partial charge in [0.05, 0.1) is 7.11 Å². The normalized spacial score (nSPS) is 14.8. The summed E-state index contributed by atoms with van der Waals surface area (Å²) in [7, 11) is 1.56. The lowest BCUT2D eigenvalue weighted by Crippen LogP contribution is -2.53. The lowest BCUT2D eigenvalue weighted by molar-refractivity contribution is -0.120. The molecule has 0 fully saturated rings. The second kappa shape index (κ2) is 8.67. The molecule has 1 aliphatic rings. The van der Waals surface area contributed by atoms with Crippen LogP contribution in [0.3, 0.4) is 0 Å². The molecule has 0 aliphatic carbocycles. The number of rotatable bonds is 4. The molecule has 0 aromatic heterocycles. The van der Waals surface area contributed by atoms with Crippen molar-refractivity contribution in [1.82, 2.24) is 10.4 Å². The van der Waals surface area contributed by atoms with Crippen molar-refractivity contribution in [3.05, 3.63) is 107 Å². The van der Waals surface area contributed by atoms with Crippen LogP contribution >= 0.6 is 0 Å². The zero-order valence-corrected chi connectivity index (χ0v) is 17.2. The van der Waals surface area contributed by atoms with Crippen LogP contribution in [0.2, 0.25) is 0 Å². The van der Waals surface area contributed by atoms with Gasteiger partial charge in [0, 0.05) is 11.1 Å². The molecular weight excluding hydrogens is 390 g/mol. The van der Waals surface area contributed by atoms with Gasteiger partial charge < -0.3 is 4.74 Å². The van der Waals surface area contributed by atoms with E-state index >= 15 is 0 Å². The number of carbonyl (C=O) groups is 2. The summed E-state index contributed by atoms with van der Waals surface area (Å²) < 4.78 is 5.15. The molecule has 2 amide bonds. The molecule has 0 saturated heterocycles. The van der Waals surface area contributed by atoms with Crippen LogP contribution in [0.4, 0.5) is 0 Å². The first-order valence-electron chi connectivity index (χ1n) is 9.77. The second-order valence-corrected chi connectivity index (χ2v) is 7.05. The van der Waals surface area contributed by atoms with Crippen molar-refractivity contribution < 1.29 is 14.3 Å². The Balaban J connectivity index is 1.75. The first-order valence-corrected chi connectivity index (χ1v) is 9.77. The Morgan fingerprint density at radius 2 is 1.65 bits per heavy atom. The molecule has 0 radical (unpaired) electrons. The highest BCUT2D eigenvalue weighted by molar-refractivity contribution is 6.18. The van der Waals surface area contributed by atoms with Crippen LogP contribution in [0.15, 0.2) is 89.6 Å². The van der Waals surface area contributed by atoms with E-state index < -0.39 is 11.8 Å². The van der Waals surface area contributed by atoms with Crippen molar-refractivity contribution in [3.8, 4) is 5.75 Å². The SMILES string of the molecule is COc1ccc(C(=O)N2NC(=O)/C(=C\c3ccc(C)cc3)N=C2c2ccccc2)cc1. The molecule has 0 atom stereocenters. The maximum atomic E-state index is 13.2. The number of ether oxygens (including phenoxy) is 1. The van der Waals surface area contributed by atoms with E-state index in [2.05, 4.69) is 10.4 Å². The molecule has 0 bridgehead atoms. The zero-order valence-electron chi connectivity index (χ0n) is 17.2. The van der Waals surface area contributed by atoms with Crippen molar-refractivity contribution >= 4 is 23.7 Å². The zero-order chi connectivity index (χ0) is 21.8. The van der Waals surface area contributed by atoms with Crippen LogP contribution in [-0.2, 0) is 4.79 Å². The predicted molar refractivity (Wildman–Crippen MR) is 119 cm³/mol. The van der Waals surface area contributed by atoms with Gasteiger partial charge in [-0.3, -0.25) is 15.0 Å². The highest BCUT2D eigenvalue weighted by atomic mass is 16.5. The summed E-state index contributed by atoms with van der Waals surface area (Å²) in [6.07, 6.45) is 1.70. The molecule has 0 saturated carbocycles. The van der Waals surface area contributed by atoms with Crippen LogP contribution in [0.25, 0.3) is 6.08 Å². The number of aliphatic imine (C=N–C) groups is 1. The molecular formula is C25H21N3O3. The number of amides is 2. The number of nitrogens with one attached hydrogen (secondary N) is 1. The fourth-order valence-corrected chi connectivity index (χ4v) is 3.14. The summed E-state index contributed by atoms with van der Waals surface area (Å²) in [5, 5.41) is 1.19. The van der Waals surface area contributed by atoms with E-state index in [0.29, 0.717) is 22.7 Å². The number of aryl methyl sites for hydroxylation is 1. The highest BCUT2D eigenvalue weighted by Gasteiger charge is 2.30. The first kappa shape index (κ1) is 20.1. The van der Waals surface area contributed by atoms with Gasteiger partial charge in [-0.1, -0.05) is 60.2 Å². The summed E-state index contributed by atoms with van der Waals surface area (Å²) >= 11 is 0. The van der Waals surface area contributed by atoms with Gasteiger partial charge in [-0.05, 0) is 42.8 Å². The molecule has 154 valence electrons. The number of hydrogen-bond acceptors (Lipinski definition) is 4. The number of amidine groups is 1. The lowest BCUT2D eigenvalue weighted by Gasteiger charge is -2.28. The number of nitrogens with zero attached hydrogens (tertiary/aromatic N) is 2.